The van der Waals surface area contributed by atoms with Crippen LogP contribution in [-0.4, -0.2) is 19.9 Å². The van der Waals surface area contributed by atoms with Crippen molar-refractivity contribution in [3.8, 4) is 0 Å². The van der Waals surface area contributed by atoms with Gasteiger partial charge in [-0.15, -0.1) is 0 Å². The van der Waals surface area contributed by atoms with E-state index in [4.69, 9.17) is 5.73 Å². The van der Waals surface area contributed by atoms with Crippen molar-refractivity contribution in [2.24, 2.45) is 0 Å². The normalized spacial score (nSPS) is 11.4. The Labute approximate surface area is 246 Å². The minimum absolute atomic E-state index is 0. The van der Waals surface area contributed by atoms with Gasteiger partial charge in [0.1, 0.15) is 0 Å². The minimum Gasteiger partial charge on any atom is -0.399 e. The summed E-state index contributed by atoms with van der Waals surface area (Å²) in [4.78, 5) is 16.0. The molecule has 192 valence electrons. The molecule has 0 fully saturated rings. The molecule has 0 saturated carbocycles. The van der Waals surface area contributed by atoms with E-state index in [1.54, 1.807) is 0 Å². The molecule has 2 aliphatic heterocycles. The molecule has 6 heteroatoms. The Hall–Kier alpha value is -4.54. The molecule has 7 rings (SSSR count). The van der Waals surface area contributed by atoms with Crippen molar-refractivity contribution >= 4 is 52.1 Å². The third kappa shape index (κ3) is 6.91. The Kier molecular flexibility index (Phi) is 8.48. The summed E-state index contributed by atoms with van der Waals surface area (Å²) < 4.78 is 0. The molecule has 8 bridgehead atoms. The third-order valence-electron chi connectivity index (χ3n) is 6.62. The summed E-state index contributed by atoms with van der Waals surface area (Å²) in [6.45, 7) is 0. The van der Waals surface area contributed by atoms with Crippen molar-refractivity contribution in [1.82, 2.24) is 19.9 Å². The molecule has 0 amide bonds. The Morgan fingerprint density at radius 1 is 0.500 bits per heavy atom. The number of anilines is 1. The summed E-state index contributed by atoms with van der Waals surface area (Å²) in [5.74, 6) is 0. The second-order valence-electron chi connectivity index (χ2n) is 9.59. The number of nitrogens with one attached hydrogen (secondary N) is 2. The van der Waals surface area contributed by atoms with Crippen LogP contribution in [0.25, 0.3) is 46.4 Å². The van der Waals surface area contributed by atoms with Crippen LogP contribution in [0.5, 0.6) is 0 Å². The Morgan fingerprint density at radius 2 is 0.975 bits per heavy atom. The maximum absolute atomic E-state index is 5.88. The number of benzene rings is 2. The summed E-state index contributed by atoms with van der Waals surface area (Å²) in [6.07, 6.45) is 10.1. The van der Waals surface area contributed by atoms with E-state index >= 15 is 0 Å². The van der Waals surface area contributed by atoms with E-state index in [1.165, 1.54) is 11.1 Å². The third-order valence-corrected chi connectivity index (χ3v) is 6.62. The molecule has 4 N–H and O–H groups in total. The van der Waals surface area contributed by atoms with Crippen molar-refractivity contribution < 1.29 is 19.5 Å². The molecule has 2 aromatic carbocycles. The van der Waals surface area contributed by atoms with Crippen LogP contribution in [0.1, 0.15) is 33.9 Å². The predicted molar refractivity (Wildman–Crippen MR) is 164 cm³/mol. The fraction of sp³-hybridized carbons (Fsp3) is 0.0588. The monoisotopic (exact) mass is 571 g/mol. The molecule has 0 radical (unpaired) electrons. The summed E-state index contributed by atoms with van der Waals surface area (Å²) in [5.41, 5.74) is 17.2. The fourth-order valence-corrected chi connectivity index (χ4v) is 4.63. The van der Waals surface area contributed by atoms with Crippen molar-refractivity contribution in [3.63, 3.8) is 0 Å². The maximum Gasteiger partial charge on any atom is 0.0659 e. The van der Waals surface area contributed by atoms with Crippen molar-refractivity contribution in [2.45, 2.75) is 12.8 Å². The molecule has 0 unspecified atom stereocenters. The first-order valence-corrected chi connectivity index (χ1v) is 13.1. The molecule has 0 saturated heterocycles. The number of hydrogen-bond donors (Lipinski definition) is 3. The average Bonchev–Trinajstić information content (AvgIpc) is 3.76. The van der Waals surface area contributed by atoms with Crippen LogP contribution < -0.4 is 5.73 Å². The molecule has 0 aliphatic carbocycles. The van der Waals surface area contributed by atoms with E-state index in [-0.39, 0.29) is 19.5 Å². The van der Waals surface area contributed by atoms with E-state index in [0.29, 0.717) is 0 Å². The zero-order valence-electron chi connectivity index (χ0n) is 22.2. The van der Waals surface area contributed by atoms with Gasteiger partial charge in [0.2, 0.25) is 0 Å². The summed E-state index contributed by atoms with van der Waals surface area (Å²) >= 11 is 0. The first-order chi connectivity index (χ1) is 19.2. The van der Waals surface area contributed by atoms with Gasteiger partial charge >= 0.3 is 0 Å². The van der Waals surface area contributed by atoms with E-state index in [1.807, 2.05) is 66.8 Å². The first kappa shape index (κ1) is 27.0. The molecule has 5 nitrogen and oxygen atoms in total. The minimum atomic E-state index is 0. The zero-order valence-corrected chi connectivity index (χ0v) is 25.2. The van der Waals surface area contributed by atoms with Crippen molar-refractivity contribution in [3.05, 3.63) is 137 Å². The number of para-hydroxylation sites is 1. The Morgan fingerprint density at radius 3 is 1.52 bits per heavy atom. The van der Waals surface area contributed by atoms with E-state index in [9.17, 15) is 0 Å². The Balaban J connectivity index is 0.000000175. The molecular formula is C34H29N5Zn. The number of fused-ring (bicyclic) bond motifs is 8. The summed E-state index contributed by atoms with van der Waals surface area (Å²) in [7, 11) is 0. The number of aromatic amines is 2. The van der Waals surface area contributed by atoms with Crippen LogP contribution in [0.4, 0.5) is 5.69 Å². The summed E-state index contributed by atoms with van der Waals surface area (Å²) in [6, 6.07) is 35.0. The van der Waals surface area contributed by atoms with Crippen LogP contribution in [-0.2, 0) is 32.3 Å². The fourth-order valence-electron chi connectivity index (χ4n) is 4.63. The van der Waals surface area contributed by atoms with Gasteiger partial charge in [0, 0.05) is 47.2 Å². The summed E-state index contributed by atoms with van der Waals surface area (Å²) in [5, 5.41) is 0. The largest absolute Gasteiger partial charge is 0.399 e. The van der Waals surface area contributed by atoms with Gasteiger partial charge in [0.05, 0.1) is 22.8 Å². The molecule has 5 aromatic rings. The molecule has 5 heterocycles. The van der Waals surface area contributed by atoms with Crippen molar-refractivity contribution in [2.75, 3.05) is 5.73 Å². The average molecular weight is 573 g/mol. The molecular weight excluding hydrogens is 544 g/mol. The van der Waals surface area contributed by atoms with Gasteiger partial charge in [-0.2, -0.15) is 0 Å². The zero-order chi connectivity index (χ0) is 26.4. The van der Waals surface area contributed by atoms with Gasteiger partial charge in [0.25, 0.3) is 0 Å². The predicted octanol–water partition coefficient (Wildman–Crippen LogP) is 7.71. The number of nitrogens with two attached hydrogens (primary N) is 1. The second kappa shape index (κ2) is 12.5. The van der Waals surface area contributed by atoms with E-state index in [2.05, 4.69) is 80.6 Å². The van der Waals surface area contributed by atoms with Crippen LogP contribution in [0.3, 0.4) is 0 Å². The Bertz CT molecular complexity index is 1740. The number of H-pyrrole nitrogens is 2. The molecule has 2 aliphatic rings. The van der Waals surface area contributed by atoms with E-state index < -0.39 is 0 Å². The van der Waals surface area contributed by atoms with Gasteiger partial charge in [0.15, 0.2) is 0 Å². The van der Waals surface area contributed by atoms with Gasteiger partial charge in [-0.1, -0.05) is 48.5 Å². The maximum atomic E-state index is 5.88. The molecule has 40 heavy (non-hydrogen) atoms. The van der Waals surface area contributed by atoms with Crippen LogP contribution in [0, 0.1) is 0 Å². The van der Waals surface area contributed by atoms with Crippen LogP contribution in [0.15, 0.2) is 103 Å². The molecule has 0 atom stereocenters. The van der Waals surface area contributed by atoms with Gasteiger partial charge < -0.3 is 15.7 Å². The van der Waals surface area contributed by atoms with Crippen LogP contribution in [0.2, 0.25) is 0 Å². The molecule has 0 spiro atoms. The smallest absolute Gasteiger partial charge is 0.0659 e. The number of aromatic nitrogens is 4. The number of nitrogens with zero attached hydrogens (tertiary/aromatic N) is 2. The number of nitrogen functional groups attached to an aromatic ring is 1. The van der Waals surface area contributed by atoms with Gasteiger partial charge in [-0.05, 0) is 103 Å². The SMILES string of the molecule is C1=Cc2cc3ccc(cc4ccc(cc5nc(cc1n2)C=C5)[nH]4)[nH]3.Nc1ccccc1CCc1ccccc1.[Zn]. The number of hydrogen-bond acceptors (Lipinski definition) is 3. The molecule has 3 aromatic heterocycles. The van der Waals surface area contributed by atoms with E-state index in [0.717, 1.165) is 63.4 Å². The quantitative estimate of drug-likeness (QED) is 0.150. The first-order valence-electron chi connectivity index (χ1n) is 13.1. The van der Waals surface area contributed by atoms with Gasteiger partial charge in [-0.25, -0.2) is 9.97 Å². The van der Waals surface area contributed by atoms with Crippen molar-refractivity contribution in [1.29, 1.82) is 0 Å². The number of aryl methyl sites for hydroxylation is 2. The van der Waals surface area contributed by atoms with Crippen LogP contribution >= 0.6 is 0 Å². The van der Waals surface area contributed by atoms with Gasteiger partial charge in [-0.3, -0.25) is 0 Å². The topological polar surface area (TPSA) is 83.4 Å². The number of rotatable bonds is 3. The second-order valence-corrected chi connectivity index (χ2v) is 9.59. The standard InChI is InChI=1S/C20H14N4.C14H15N.Zn/c1-2-14-10-16-5-6-18(23-16)12-20-8-7-19(24-20)11-17-4-3-15(22-17)9-13(1)21-14;15-14-9-5-4-8-13(14)11-10-12-6-2-1-3-7-12;/h1-12,21-22H;1-9H,10-11,15H2;.